The fourth-order valence-corrected chi connectivity index (χ4v) is 3.16. The van der Waals surface area contributed by atoms with Crippen molar-refractivity contribution in [2.24, 2.45) is 5.92 Å². The van der Waals surface area contributed by atoms with E-state index in [0.717, 1.165) is 6.42 Å². The van der Waals surface area contributed by atoms with Crippen LogP contribution in [0.15, 0.2) is 24.3 Å². The normalized spacial score (nSPS) is 15.3. The lowest BCUT2D eigenvalue weighted by molar-refractivity contribution is -0.149. The quantitative estimate of drug-likeness (QED) is 0.757. The highest BCUT2D eigenvalue weighted by Crippen LogP contribution is 2.24. The minimum Gasteiger partial charge on any atom is -0.478 e. The van der Waals surface area contributed by atoms with Gasteiger partial charge in [0.15, 0.2) is 5.60 Å². The van der Waals surface area contributed by atoms with Crippen molar-refractivity contribution >= 4 is 23.4 Å². The topological polar surface area (TPSA) is 49.9 Å². The molecular formula is C20H29ClN2O3. The Kier molecular flexibility index (Phi) is 6.93. The molecule has 0 saturated carbocycles. The van der Waals surface area contributed by atoms with Crippen molar-refractivity contribution in [2.45, 2.75) is 46.1 Å². The van der Waals surface area contributed by atoms with Gasteiger partial charge in [-0.1, -0.05) is 31.5 Å². The van der Waals surface area contributed by atoms with Crippen molar-refractivity contribution in [3.63, 3.8) is 0 Å². The number of hydrogen-bond donors (Lipinski definition) is 0. The van der Waals surface area contributed by atoms with Gasteiger partial charge in [-0.05, 0) is 44.4 Å². The van der Waals surface area contributed by atoms with E-state index >= 15 is 0 Å². The van der Waals surface area contributed by atoms with Crippen LogP contribution < -0.4 is 4.74 Å². The third-order valence-corrected chi connectivity index (χ3v) is 4.77. The predicted octanol–water partition coefficient (Wildman–Crippen LogP) is 3.60. The maximum atomic E-state index is 12.9. The van der Waals surface area contributed by atoms with E-state index < -0.39 is 5.60 Å². The fourth-order valence-electron chi connectivity index (χ4n) is 2.98. The smallest absolute Gasteiger partial charge is 0.266 e. The highest BCUT2D eigenvalue weighted by atomic mass is 35.5. The molecule has 0 bridgehead atoms. The summed E-state index contributed by atoms with van der Waals surface area (Å²) in [6.45, 7) is 9.99. The molecule has 0 unspecified atom stereocenters. The van der Waals surface area contributed by atoms with Gasteiger partial charge in [-0.25, -0.2) is 0 Å². The van der Waals surface area contributed by atoms with Crippen LogP contribution in [0.3, 0.4) is 0 Å². The van der Waals surface area contributed by atoms with E-state index in [-0.39, 0.29) is 11.8 Å². The first-order valence-corrected chi connectivity index (χ1v) is 9.58. The molecule has 0 spiro atoms. The van der Waals surface area contributed by atoms with Crippen LogP contribution in [-0.2, 0) is 9.59 Å². The Morgan fingerprint density at radius 1 is 1.15 bits per heavy atom. The molecule has 6 heteroatoms. The van der Waals surface area contributed by atoms with Crippen molar-refractivity contribution in [3.8, 4) is 5.75 Å². The molecule has 26 heavy (non-hydrogen) atoms. The zero-order valence-electron chi connectivity index (χ0n) is 16.1. The van der Waals surface area contributed by atoms with Crippen molar-refractivity contribution < 1.29 is 14.3 Å². The van der Waals surface area contributed by atoms with Gasteiger partial charge in [-0.15, -0.1) is 0 Å². The van der Waals surface area contributed by atoms with Gasteiger partial charge < -0.3 is 14.5 Å². The molecule has 1 aromatic rings. The van der Waals surface area contributed by atoms with E-state index in [0.29, 0.717) is 49.3 Å². The number of nitrogens with zero attached hydrogens (tertiary/aromatic N) is 2. The molecule has 1 fully saturated rings. The number of piperazine rings is 1. The molecule has 0 aliphatic carbocycles. The third-order valence-electron chi connectivity index (χ3n) is 4.54. The Bertz CT molecular complexity index is 638. The Hall–Kier alpha value is -1.75. The Morgan fingerprint density at radius 2 is 1.77 bits per heavy atom. The van der Waals surface area contributed by atoms with E-state index in [1.807, 2.05) is 4.90 Å². The molecule has 1 saturated heterocycles. The SMILES string of the molecule is CC(C)CCC(=O)N1CCN(C(=O)C(C)(C)Oc2cccc(Cl)c2)CC1. The summed E-state index contributed by atoms with van der Waals surface area (Å²) in [5.41, 5.74) is -0.992. The van der Waals surface area contributed by atoms with Gasteiger partial charge in [0.25, 0.3) is 5.91 Å². The molecule has 5 nitrogen and oxygen atoms in total. The number of benzene rings is 1. The molecule has 2 amide bonds. The zero-order valence-corrected chi connectivity index (χ0v) is 16.9. The summed E-state index contributed by atoms with van der Waals surface area (Å²) in [4.78, 5) is 28.7. The average Bonchev–Trinajstić information content (AvgIpc) is 2.58. The van der Waals surface area contributed by atoms with E-state index in [1.165, 1.54) is 0 Å². The molecule has 0 N–H and O–H groups in total. The average molecular weight is 381 g/mol. The Labute approximate surface area is 161 Å². The summed E-state index contributed by atoms with van der Waals surface area (Å²) in [5, 5.41) is 0.569. The van der Waals surface area contributed by atoms with Crippen LogP contribution in [-0.4, -0.2) is 53.4 Å². The summed E-state index contributed by atoms with van der Waals surface area (Å²) in [6.07, 6.45) is 1.48. The second kappa shape index (κ2) is 8.76. The first kappa shape index (κ1) is 20.6. The van der Waals surface area contributed by atoms with Gasteiger partial charge >= 0.3 is 0 Å². The molecule has 2 rings (SSSR count). The number of rotatable bonds is 6. The van der Waals surface area contributed by atoms with Crippen LogP contribution in [0.2, 0.25) is 5.02 Å². The number of hydrogen-bond acceptors (Lipinski definition) is 3. The molecule has 1 aliphatic heterocycles. The van der Waals surface area contributed by atoms with Gasteiger partial charge in [-0.3, -0.25) is 9.59 Å². The maximum Gasteiger partial charge on any atom is 0.266 e. The van der Waals surface area contributed by atoms with Crippen LogP contribution >= 0.6 is 11.6 Å². The molecule has 144 valence electrons. The fraction of sp³-hybridized carbons (Fsp3) is 0.600. The Balaban J connectivity index is 1.89. The summed E-state index contributed by atoms with van der Waals surface area (Å²) in [7, 11) is 0. The second-order valence-corrected chi connectivity index (χ2v) is 8.11. The monoisotopic (exact) mass is 380 g/mol. The van der Waals surface area contributed by atoms with Crippen LogP contribution in [0.25, 0.3) is 0 Å². The molecule has 1 aromatic carbocycles. The molecule has 1 aliphatic rings. The zero-order chi connectivity index (χ0) is 19.3. The molecule has 0 atom stereocenters. The van der Waals surface area contributed by atoms with Crippen LogP contribution in [0.4, 0.5) is 0 Å². The summed E-state index contributed by atoms with van der Waals surface area (Å²) >= 11 is 5.98. The van der Waals surface area contributed by atoms with Crippen molar-refractivity contribution in [2.75, 3.05) is 26.2 Å². The molecule has 0 aromatic heterocycles. The van der Waals surface area contributed by atoms with E-state index in [4.69, 9.17) is 16.3 Å². The minimum atomic E-state index is -0.992. The van der Waals surface area contributed by atoms with Gasteiger partial charge in [0.2, 0.25) is 5.91 Å². The highest BCUT2D eigenvalue weighted by molar-refractivity contribution is 6.30. The predicted molar refractivity (Wildman–Crippen MR) is 103 cm³/mol. The van der Waals surface area contributed by atoms with Crippen molar-refractivity contribution in [3.05, 3.63) is 29.3 Å². The van der Waals surface area contributed by atoms with E-state index in [1.54, 1.807) is 43.0 Å². The molecule has 1 heterocycles. The Morgan fingerprint density at radius 3 is 2.35 bits per heavy atom. The van der Waals surface area contributed by atoms with Gasteiger partial charge in [0.1, 0.15) is 5.75 Å². The van der Waals surface area contributed by atoms with E-state index in [9.17, 15) is 9.59 Å². The first-order chi connectivity index (χ1) is 12.2. The van der Waals surface area contributed by atoms with Gasteiger partial charge in [0.05, 0.1) is 0 Å². The highest BCUT2D eigenvalue weighted by Gasteiger charge is 2.36. The number of halogens is 1. The molecule has 0 radical (unpaired) electrons. The van der Waals surface area contributed by atoms with Crippen LogP contribution in [0.1, 0.15) is 40.5 Å². The number of ether oxygens (including phenoxy) is 1. The summed E-state index contributed by atoms with van der Waals surface area (Å²) in [6, 6.07) is 7.03. The molecular weight excluding hydrogens is 352 g/mol. The lowest BCUT2D eigenvalue weighted by atomic mass is 10.1. The van der Waals surface area contributed by atoms with Gasteiger partial charge in [-0.2, -0.15) is 0 Å². The minimum absolute atomic E-state index is 0.0771. The van der Waals surface area contributed by atoms with E-state index in [2.05, 4.69) is 13.8 Å². The summed E-state index contributed by atoms with van der Waals surface area (Å²) < 4.78 is 5.88. The summed E-state index contributed by atoms with van der Waals surface area (Å²) in [5.74, 6) is 1.19. The maximum absolute atomic E-state index is 12.9. The third kappa shape index (κ3) is 5.63. The van der Waals surface area contributed by atoms with Crippen LogP contribution in [0, 0.1) is 5.92 Å². The van der Waals surface area contributed by atoms with Crippen molar-refractivity contribution in [1.82, 2.24) is 9.80 Å². The second-order valence-electron chi connectivity index (χ2n) is 7.68. The van der Waals surface area contributed by atoms with Crippen LogP contribution in [0.5, 0.6) is 5.75 Å². The number of carbonyl (C=O) groups excluding carboxylic acids is 2. The van der Waals surface area contributed by atoms with Crippen molar-refractivity contribution in [1.29, 1.82) is 0 Å². The standard InChI is InChI=1S/C20H29ClN2O3/c1-15(2)8-9-18(24)22-10-12-23(13-11-22)19(25)20(3,4)26-17-7-5-6-16(21)14-17/h5-7,14-15H,8-13H2,1-4H3. The number of carbonyl (C=O) groups is 2. The largest absolute Gasteiger partial charge is 0.478 e. The lowest BCUT2D eigenvalue weighted by Gasteiger charge is -2.38. The van der Waals surface area contributed by atoms with Gasteiger partial charge in [0, 0.05) is 37.6 Å². The lowest BCUT2D eigenvalue weighted by Crippen LogP contribution is -2.56. The first-order valence-electron chi connectivity index (χ1n) is 9.21. The number of amides is 2.